The van der Waals surface area contributed by atoms with Crippen LogP contribution in [0.25, 0.3) is 34.3 Å². The molecule has 1 aliphatic rings. The van der Waals surface area contributed by atoms with E-state index in [1.165, 1.54) is 24.4 Å². The average Bonchev–Trinajstić information content (AvgIpc) is 0.827. The van der Waals surface area contributed by atoms with Crippen molar-refractivity contribution in [2.24, 2.45) is 0 Å². The van der Waals surface area contributed by atoms with Gasteiger partial charge in [-0.3, -0.25) is 0 Å². The quantitative estimate of drug-likeness (QED) is 0.0363. The predicted octanol–water partition coefficient (Wildman–Crippen LogP) is 40.5. The molecule has 5 rings (SSSR count). The zero-order valence-corrected chi connectivity index (χ0v) is 121. The molecule has 39 atom stereocenters. The maximum absolute atomic E-state index is 14.9. The standard InChI is InChI=1S/C27H29FN6O5S.H66P64/c1-16(8-10-35)40(36,37)20-5-3-18(4-6-20)23-14-31-25(29)24(32-23)27-34-33-26(39-27)21-7-2-17(12-22(21)28)13-30-19-9-11-38-15-19;1-34(2)50(33)58(49(31)32)62(57(47(27)28)48(29)30)64(61(55(43(19)20)44(21)22)56(45(23)24)46(25)26)63(59(51(35(3)4)36(5)6)52(37(7)8)38(9)10)60(53(39(11)12)40(13)14)54(41(15)16)42(17)18/h2-7,12,14,16,19,30,35H,8-11,13,15H2,1H3,(H2,29,31);1-33H2/t16?,19-;/m1./s1. The molecule has 1 aliphatic heterocycles. The van der Waals surface area contributed by atoms with Gasteiger partial charge in [0.1, 0.15) is 5.82 Å². The number of aromatic nitrogens is 4. The topological polar surface area (TPSA) is 166 Å². The van der Waals surface area contributed by atoms with Gasteiger partial charge >= 0.3 is 0 Å². The molecule has 1 saturated heterocycles. The molecule has 0 saturated carbocycles. The fourth-order valence-corrected chi connectivity index (χ4v) is 926. The Labute approximate surface area is 732 Å². The lowest BCUT2D eigenvalue weighted by Crippen LogP contribution is -2.28. The highest BCUT2D eigenvalue weighted by molar-refractivity contribution is 9.55. The highest BCUT2D eigenvalue weighted by Gasteiger charge is 2.62. The summed E-state index contributed by atoms with van der Waals surface area (Å²) in [4.78, 5) is 8.81. The van der Waals surface area contributed by atoms with E-state index in [2.05, 4.69) is 320 Å². The number of hydrogen-bond donors (Lipinski definition) is 3. The number of nitrogens with zero attached hydrogens (tertiary/aromatic N) is 4. The average molecular weight is 2620 g/mol. The van der Waals surface area contributed by atoms with E-state index in [1.807, 2.05) is 0 Å². The SMILES string of the molecule is CC(CCO)S(=O)(=O)c1ccc(-c2cnc(N)c(-c3nnc(-c4ccc(CN[C@@H]5CCOC5)cc4F)o3)n2)cc1.PP(P)P(P)P(P(P)P)P(P(P(P)P)P(P)P)P(P(P(P(P)P)P(P)P)P(P(P)P)P(P)P)P(P(P(P(P)P)P(P)P)P(P(P)P)P(P)P)P(P(P(P)P)P(P)P)P(P(P)P)P(P)P. The fourth-order valence-electron chi connectivity index (χ4n) is 8.10. The van der Waals surface area contributed by atoms with Crippen molar-refractivity contribution in [1.29, 1.82) is 0 Å². The summed E-state index contributed by atoms with van der Waals surface area (Å²) in [5.74, 6) is -0.540. The molecule has 77 heteroatoms. The van der Waals surface area contributed by atoms with Gasteiger partial charge in [-0.15, -0.1) is 305 Å². The third-order valence-electron chi connectivity index (χ3n) is 12.4. The van der Waals surface area contributed by atoms with Crippen LogP contribution in [0.1, 0.15) is 25.3 Å². The zero-order valence-electron chi connectivity index (χ0n) is 54.7. The van der Waals surface area contributed by atoms with Crippen molar-refractivity contribution in [3.05, 3.63) is 60.0 Å². The first-order valence-corrected chi connectivity index (χ1v) is 145. The number of hydrogen-bond acceptors (Lipinski definition) is 11. The monoisotopic (exact) mass is 2620 g/mol. The first-order chi connectivity index (χ1) is 48.3. The summed E-state index contributed by atoms with van der Waals surface area (Å²) in [5, 5.41) is 19.7. The maximum atomic E-state index is 14.9. The summed E-state index contributed by atoms with van der Waals surface area (Å²) in [6.45, 7) is -4.73. The lowest BCUT2D eigenvalue weighted by molar-refractivity contribution is 0.190. The Bertz CT molecular complexity index is 3130. The third-order valence-corrected chi connectivity index (χ3v) is 462. The number of anilines is 1. The van der Waals surface area contributed by atoms with Gasteiger partial charge in [-0.1, -0.05) is 18.2 Å². The van der Waals surface area contributed by atoms with E-state index >= 15 is 0 Å². The fraction of sp³-hybridized carbons (Fsp3) is 0.333. The van der Waals surface area contributed by atoms with Crippen LogP contribution in [-0.2, 0) is 21.1 Å². The zero-order chi connectivity index (χ0) is 79.2. The summed E-state index contributed by atoms with van der Waals surface area (Å²) in [6, 6.07) is 11.2. The van der Waals surface area contributed by atoms with Gasteiger partial charge < -0.3 is 25.3 Å². The Morgan fingerprint density at radius 1 is 0.510 bits per heavy atom. The molecule has 0 amide bonds. The van der Waals surface area contributed by atoms with Gasteiger partial charge in [-0.05, 0) is 266 Å². The van der Waals surface area contributed by atoms with Crippen molar-refractivity contribution in [3.8, 4) is 34.3 Å². The Kier molecular flexibility index (Phi) is 71.6. The van der Waals surface area contributed by atoms with E-state index in [0.29, 0.717) is 24.4 Å². The highest BCUT2D eigenvalue weighted by atomic mass is 33.6. The Balaban J connectivity index is 0.000000484. The van der Waals surface area contributed by atoms with Crippen LogP contribution in [0, 0.1) is 5.82 Å². The number of nitrogens with two attached hydrogens (primary N) is 1. The van der Waals surface area contributed by atoms with E-state index in [0.717, 1.165) is 18.6 Å². The molecule has 3 heterocycles. The number of rotatable bonds is 40. The maximum Gasteiger partial charge on any atom is 0.270 e. The van der Waals surface area contributed by atoms with E-state index in [4.69, 9.17) is 20.0 Å². The number of aliphatic hydroxyl groups is 1. The number of benzene rings is 2. The first-order valence-electron chi connectivity index (χ1n) is 27.3. The molecule has 4 aromatic rings. The number of ether oxygens (including phenoxy) is 1. The third kappa shape index (κ3) is 37.7. The van der Waals surface area contributed by atoms with Gasteiger partial charge in [0, 0.05) is 31.4 Å². The summed E-state index contributed by atoms with van der Waals surface area (Å²) in [5.41, 5.74) is 8.05. The molecule has 0 spiro atoms. The highest BCUT2D eigenvalue weighted by Crippen LogP contribution is 3.49. The lowest BCUT2D eigenvalue weighted by atomic mass is 10.1. The smallest absolute Gasteiger partial charge is 0.270 e. The van der Waals surface area contributed by atoms with Gasteiger partial charge in [0.25, 0.3) is 11.8 Å². The first kappa shape index (κ1) is 120. The summed E-state index contributed by atoms with van der Waals surface area (Å²) in [6.07, 6.45) is 2.51. The molecular weight excluding hydrogens is 2520 g/mol. The van der Waals surface area contributed by atoms with Crippen LogP contribution in [0.4, 0.5) is 10.2 Å². The van der Waals surface area contributed by atoms with Gasteiger partial charge in [0.15, 0.2) is 21.3 Å². The minimum absolute atomic E-state index is 0.0330. The van der Waals surface area contributed by atoms with Crippen molar-refractivity contribution in [1.82, 2.24) is 25.5 Å². The minimum Gasteiger partial charge on any atom is -0.414 e. The molecule has 1 fully saturated rings. The molecule has 0 bridgehead atoms. The normalized spacial score (nSPS) is 16.3. The van der Waals surface area contributed by atoms with Crippen LogP contribution in [0.15, 0.2) is 58.0 Å². The van der Waals surface area contributed by atoms with Crippen LogP contribution in [0.2, 0.25) is 0 Å². The van der Waals surface area contributed by atoms with E-state index < -0.39 is 20.9 Å². The summed E-state index contributed by atoms with van der Waals surface area (Å²) < 4.78 is 51.4. The lowest BCUT2D eigenvalue weighted by Gasteiger charge is -2.61. The molecule has 596 valence electrons. The molecule has 2 aromatic heterocycles. The molecule has 0 aliphatic carbocycles. The number of nitrogens with one attached hydrogen (secondary N) is 1. The van der Waals surface area contributed by atoms with Crippen molar-refractivity contribution >= 4 is 527 Å². The largest absolute Gasteiger partial charge is 0.414 e. The van der Waals surface area contributed by atoms with Crippen molar-refractivity contribution in [2.45, 2.75) is 42.5 Å². The Morgan fingerprint density at radius 3 is 1.19 bits per heavy atom. The predicted molar refractivity (Wildman–Crippen MR) is 680 cm³/mol. The molecular formula is C27H95FN6O5P64S. The minimum atomic E-state index is -3.58. The van der Waals surface area contributed by atoms with Crippen molar-refractivity contribution < 1.29 is 27.1 Å². The number of halogens is 1. The molecule has 104 heavy (non-hydrogen) atoms. The second-order valence-electron chi connectivity index (χ2n) is 19.7. The molecule has 38 unspecified atom stereocenters. The Hall–Kier alpha value is 23.7. The van der Waals surface area contributed by atoms with Gasteiger partial charge in [0.2, 0.25) is 0 Å². The second-order valence-corrected chi connectivity index (χ2v) is 286. The van der Waals surface area contributed by atoms with Crippen LogP contribution in [0.5, 0.6) is 0 Å². The summed E-state index contributed by atoms with van der Waals surface area (Å²) in [7, 11) is 115. The van der Waals surface area contributed by atoms with Crippen LogP contribution in [-0.4, -0.2) is 64.8 Å². The van der Waals surface area contributed by atoms with Crippen molar-refractivity contribution in [3.63, 3.8) is 0 Å². The number of sulfone groups is 1. The second kappa shape index (κ2) is 62.0. The number of nitrogen functional groups attached to an aromatic ring is 1. The van der Waals surface area contributed by atoms with Crippen LogP contribution >= 0.6 is 511 Å². The van der Waals surface area contributed by atoms with Gasteiger partial charge in [0.05, 0.1) is 34.2 Å². The molecule has 2 aromatic carbocycles. The molecule has 11 nitrogen and oxygen atoms in total. The van der Waals surface area contributed by atoms with Crippen molar-refractivity contribution in [2.75, 3.05) is 25.6 Å². The Morgan fingerprint density at radius 2 is 0.865 bits per heavy atom. The van der Waals surface area contributed by atoms with E-state index in [-0.39, 0.29) is 269 Å². The van der Waals surface area contributed by atoms with E-state index in [1.54, 1.807) is 31.2 Å². The summed E-state index contributed by atoms with van der Waals surface area (Å²) >= 11 is 0. The van der Waals surface area contributed by atoms with Gasteiger partial charge in [-0.25, -0.2) is 22.8 Å². The molecule has 4 N–H and O–H groups in total. The van der Waals surface area contributed by atoms with Crippen LogP contribution < -0.4 is 11.1 Å². The van der Waals surface area contributed by atoms with Gasteiger partial charge in [-0.2, -0.15) is 0 Å². The van der Waals surface area contributed by atoms with E-state index in [9.17, 15) is 12.8 Å². The molecule has 0 radical (unpaired) electrons. The number of aliphatic hydroxyl groups excluding tert-OH is 1. The van der Waals surface area contributed by atoms with Crippen LogP contribution in [0.3, 0.4) is 0 Å².